The molecule has 1 N–H and O–H groups in total. The van der Waals surface area contributed by atoms with E-state index in [9.17, 15) is 28.1 Å². The van der Waals surface area contributed by atoms with Crippen molar-refractivity contribution in [2.45, 2.75) is 25.1 Å². The third-order valence-electron chi connectivity index (χ3n) is 4.84. The van der Waals surface area contributed by atoms with Crippen molar-refractivity contribution in [1.29, 1.82) is 0 Å². The van der Waals surface area contributed by atoms with Crippen molar-refractivity contribution in [3.63, 3.8) is 0 Å². The van der Waals surface area contributed by atoms with E-state index in [2.05, 4.69) is 15.4 Å². The van der Waals surface area contributed by atoms with Crippen LogP contribution < -0.4 is 5.32 Å². The zero-order valence-corrected chi connectivity index (χ0v) is 15.9. The van der Waals surface area contributed by atoms with Crippen LogP contribution in [-0.2, 0) is 10.9 Å². The highest BCUT2D eigenvalue weighted by atomic mass is 19.4. The van der Waals surface area contributed by atoms with Crippen LogP contribution in [0.15, 0.2) is 36.4 Å². The maximum absolute atomic E-state index is 13.7. The third-order valence-corrected chi connectivity index (χ3v) is 4.84. The molecule has 1 aromatic carbocycles. The number of nitrogens with zero attached hydrogens (tertiary/aromatic N) is 4. The van der Waals surface area contributed by atoms with E-state index in [0.29, 0.717) is 11.1 Å². The second-order valence-electron chi connectivity index (χ2n) is 6.97. The number of non-ortho nitro benzene ring substituents is 1. The lowest BCUT2D eigenvalue weighted by Crippen LogP contribution is -2.32. The Kier molecular flexibility index (Phi) is 5.31. The van der Waals surface area contributed by atoms with Crippen LogP contribution in [0, 0.1) is 10.1 Å². The Bertz CT molecular complexity index is 1140. The van der Waals surface area contributed by atoms with Gasteiger partial charge in [-0.1, -0.05) is 0 Å². The van der Waals surface area contributed by atoms with Crippen molar-refractivity contribution in [1.82, 2.24) is 19.9 Å². The largest absolute Gasteiger partial charge is 0.433 e. The minimum absolute atomic E-state index is 0.0547. The number of rotatable bonds is 5. The molecule has 3 heterocycles. The number of nitro benzene ring substituents is 1. The Hall–Kier alpha value is -3.54. The zero-order chi connectivity index (χ0) is 22.2. The number of carbonyl (C=O) groups excluding carboxylic acids is 1. The molecule has 1 fully saturated rings. The summed E-state index contributed by atoms with van der Waals surface area (Å²) in [4.78, 5) is 26.7. The molecule has 0 bridgehead atoms. The highest BCUT2D eigenvalue weighted by molar-refractivity contribution is 5.93. The van der Waals surface area contributed by atoms with Gasteiger partial charge in [-0.2, -0.15) is 18.3 Å². The number of fused-ring (bicyclic) bond motifs is 1. The van der Waals surface area contributed by atoms with Crippen molar-refractivity contribution in [2.75, 3.05) is 13.2 Å². The predicted molar refractivity (Wildman–Crippen MR) is 101 cm³/mol. The number of aromatic nitrogens is 3. The highest BCUT2D eigenvalue weighted by Gasteiger charge is 2.35. The predicted octanol–water partition coefficient (Wildman–Crippen LogP) is 3.23. The third kappa shape index (κ3) is 4.33. The molecule has 31 heavy (non-hydrogen) atoms. The summed E-state index contributed by atoms with van der Waals surface area (Å²) in [5.74, 6) is -0.633. The molecule has 3 aromatic rings. The maximum Gasteiger partial charge on any atom is 0.433 e. The van der Waals surface area contributed by atoms with Crippen LogP contribution in [0.3, 0.4) is 0 Å². The standard InChI is InChI=1S/C19H16F3N5O4/c20-19(21,22)16-8-14(11-3-5-12(6-4-11)27(29)30)24-17-9-15(25-26(16)17)18(28)23-10-13-2-1-7-31-13/h3-6,8-9,13H,1-2,7,10H2,(H,23,28). The topological polar surface area (TPSA) is 112 Å². The number of nitro groups is 1. The van der Waals surface area contributed by atoms with Crippen molar-refractivity contribution >= 4 is 17.2 Å². The summed E-state index contributed by atoms with van der Waals surface area (Å²) in [6.07, 6.45) is -3.21. The van der Waals surface area contributed by atoms with E-state index in [0.717, 1.165) is 25.0 Å². The molecular weight excluding hydrogens is 419 g/mol. The molecule has 0 spiro atoms. The minimum Gasteiger partial charge on any atom is -0.376 e. The molecule has 0 aliphatic carbocycles. The van der Waals surface area contributed by atoms with Crippen LogP contribution in [0.2, 0.25) is 0 Å². The van der Waals surface area contributed by atoms with Gasteiger partial charge in [0.1, 0.15) is 0 Å². The molecule has 162 valence electrons. The van der Waals surface area contributed by atoms with Crippen molar-refractivity contribution in [3.8, 4) is 11.3 Å². The van der Waals surface area contributed by atoms with E-state index < -0.39 is 22.7 Å². The van der Waals surface area contributed by atoms with Gasteiger partial charge >= 0.3 is 6.18 Å². The van der Waals surface area contributed by atoms with Crippen molar-refractivity contribution in [2.24, 2.45) is 0 Å². The first kappa shape index (κ1) is 20.7. The molecule has 1 aliphatic heterocycles. The van der Waals surface area contributed by atoms with E-state index in [-0.39, 0.29) is 40.9 Å². The molecular formula is C19H16F3N5O4. The SMILES string of the molecule is O=C(NCC1CCCO1)c1cc2nc(-c3ccc([N+](=O)[O-])cc3)cc(C(F)(F)F)n2n1. The Morgan fingerprint density at radius 1 is 1.29 bits per heavy atom. The molecule has 0 radical (unpaired) electrons. The van der Waals surface area contributed by atoms with Gasteiger partial charge in [0, 0.05) is 36.9 Å². The summed E-state index contributed by atoms with van der Waals surface area (Å²) in [5.41, 5.74) is -1.51. The summed E-state index contributed by atoms with van der Waals surface area (Å²) in [7, 11) is 0. The summed E-state index contributed by atoms with van der Waals surface area (Å²) < 4.78 is 46.9. The monoisotopic (exact) mass is 435 g/mol. The molecule has 12 heteroatoms. The fraction of sp³-hybridized carbons (Fsp3) is 0.316. The number of benzene rings is 1. The van der Waals surface area contributed by atoms with Gasteiger partial charge in [0.15, 0.2) is 17.0 Å². The second kappa shape index (κ2) is 7.95. The van der Waals surface area contributed by atoms with Crippen LogP contribution >= 0.6 is 0 Å². The zero-order valence-electron chi connectivity index (χ0n) is 15.9. The second-order valence-corrected chi connectivity index (χ2v) is 6.97. The van der Waals surface area contributed by atoms with Gasteiger partial charge in [0.05, 0.1) is 16.7 Å². The van der Waals surface area contributed by atoms with Crippen LogP contribution in [0.25, 0.3) is 16.9 Å². The molecule has 1 saturated heterocycles. The Labute approximate surface area is 173 Å². The Morgan fingerprint density at radius 3 is 2.65 bits per heavy atom. The molecule has 0 saturated carbocycles. The van der Waals surface area contributed by atoms with Gasteiger partial charge in [-0.25, -0.2) is 9.50 Å². The highest BCUT2D eigenvalue weighted by Crippen LogP contribution is 2.32. The van der Waals surface area contributed by atoms with E-state index in [1.54, 1.807) is 0 Å². The van der Waals surface area contributed by atoms with Gasteiger partial charge in [0.25, 0.3) is 11.6 Å². The number of alkyl halides is 3. The number of carbonyl (C=O) groups is 1. The first-order valence-corrected chi connectivity index (χ1v) is 9.35. The number of halogens is 3. The van der Waals surface area contributed by atoms with Crippen LogP contribution in [0.4, 0.5) is 18.9 Å². The summed E-state index contributed by atoms with van der Waals surface area (Å²) in [6.45, 7) is 0.847. The number of hydrogen-bond donors (Lipinski definition) is 1. The molecule has 1 atom stereocenters. The van der Waals surface area contributed by atoms with Crippen molar-refractivity contribution < 1.29 is 27.6 Å². The number of hydrogen-bond acceptors (Lipinski definition) is 6. The first-order valence-electron chi connectivity index (χ1n) is 9.35. The molecule has 2 aromatic heterocycles. The smallest absolute Gasteiger partial charge is 0.376 e. The summed E-state index contributed by atoms with van der Waals surface area (Å²) in [5, 5.41) is 17.2. The van der Waals surface area contributed by atoms with E-state index in [1.807, 2.05) is 0 Å². The fourth-order valence-corrected chi connectivity index (χ4v) is 3.29. The molecule has 9 nitrogen and oxygen atoms in total. The van der Waals surface area contributed by atoms with Crippen LogP contribution in [0.5, 0.6) is 0 Å². The lowest BCUT2D eigenvalue weighted by Gasteiger charge is -2.11. The van der Waals surface area contributed by atoms with E-state index >= 15 is 0 Å². The van der Waals surface area contributed by atoms with Gasteiger partial charge in [-0.05, 0) is 31.0 Å². The normalized spacial score (nSPS) is 16.5. The molecule has 1 amide bonds. The Morgan fingerprint density at radius 2 is 2.03 bits per heavy atom. The molecule has 4 rings (SSSR count). The Balaban J connectivity index is 1.69. The van der Waals surface area contributed by atoms with Crippen LogP contribution in [0.1, 0.15) is 29.0 Å². The van der Waals surface area contributed by atoms with E-state index in [1.165, 1.54) is 24.3 Å². The number of amides is 1. The average Bonchev–Trinajstić information content (AvgIpc) is 3.40. The van der Waals surface area contributed by atoms with Gasteiger partial charge < -0.3 is 10.1 Å². The lowest BCUT2D eigenvalue weighted by atomic mass is 10.1. The lowest BCUT2D eigenvalue weighted by molar-refractivity contribution is -0.384. The number of ether oxygens (including phenoxy) is 1. The summed E-state index contributed by atoms with van der Waals surface area (Å²) in [6, 6.07) is 6.92. The number of nitrogens with one attached hydrogen (secondary N) is 1. The van der Waals surface area contributed by atoms with Crippen molar-refractivity contribution in [3.05, 3.63) is 57.9 Å². The first-order chi connectivity index (χ1) is 14.7. The molecule has 1 unspecified atom stereocenters. The summed E-state index contributed by atoms with van der Waals surface area (Å²) >= 11 is 0. The maximum atomic E-state index is 13.7. The quantitative estimate of drug-likeness (QED) is 0.487. The van der Waals surface area contributed by atoms with Gasteiger partial charge in [-0.15, -0.1) is 0 Å². The van der Waals surface area contributed by atoms with E-state index in [4.69, 9.17) is 4.74 Å². The minimum atomic E-state index is -4.77. The molecule has 1 aliphatic rings. The van der Waals surface area contributed by atoms with Gasteiger partial charge in [0.2, 0.25) is 0 Å². The fourth-order valence-electron chi connectivity index (χ4n) is 3.29. The average molecular weight is 435 g/mol. The van der Waals surface area contributed by atoms with Gasteiger partial charge in [-0.3, -0.25) is 14.9 Å². The van der Waals surface area contributed by atoms with Crippen LogP contribution in [-0.4, -0.2) is 44.7 Å².